The van der Waals surface area contributed by atoms with Crippen molar-refractivity contribution in [2.24, 2.45) is 0 Å². The number of hydrogen-bond acceptors (Lipinski definition) is 5. The summed E-state index contributed by atoms with van der Waals surface area (Å²) in [4.78, 5) is 29.6. The van der Waals surface area contributed by atoms with E-state index in [2.05, 4.69) is 5.32 Å². The van der Waals surface area contributed by atoms with Crippen molar-refractivity contribution in [1.29, 1.82) is 0 Å². The maximum Gasteiger partial charge on any atom is 0.244 e. The number of amides is 2. The molecule has 1 fully saturated rings. The van der Waals surface area contributed by atoms with E-state index in [1.807, 2.05) is 61.5 Å². The molecule has 42 heavy (non-hydrogen) atoms. The highest BCUT2D eigenvalue weighted by atomic mass is 35.5. The van der Waals surface area contributed by atoms with Crippen molar-refractivity contribution >= 4 is 39.1 Å². The van der Waals surface area contributed by atoms with Crippen molar-refractivity contribution in [3.8, 4) is 5.75 Å². The van der Waals surface area contributed by atoms with Crippen LogP contribution >= 0.6 is 11.6 Å². The number of halogens is 1. The topological polar surface area (TPSA) is 96.0 Å². The molecule has 8 nitrogen and oxygen atoms in total. The average molecular weight is 612 g/mol. The molecule has 0 heterocycles. The molecule has 0 bridgehead atoms. The highest BCUT2D eigenvalue weighted by Gasteiger charge is 2.34. The molecule has 3 aromatic carbocycles. The van der Waals surface area contributed by atoms with Gasteiger partial charge in [-0.1, -0.05) is 84.6 Å². The molecular weight excluding hydrogens is 574 g/mol. The summed E-state index contributed by atoms with van der Waals surface area (Å²) in [6, 6.07) is 21.0. The molecule has 224 valence electrons. The lowest BCUT2D eigenvalue weighted by atomic mass is 10.0. The zero-order chi connectivity index (χ0) is 30.3. The summed E-state index contributed by atoms with van der Waals surface area (Å²) in [6.45, 7) is 1.59. The number of nitrogens with zero attached hydrogens (tertiary/aromatic N) is 2. The van der Waals surface area contributed by atoms with Crippen LogP contribution in [-0.2, 0) is 32.6 Å². The second kappa shape index (κ2) is 14.1. The van der Waals surface area contributed by atoms with E-state index in [-0.39, 0.29) is 35.6 Å². The summed E-state index contributed by atoms with van der Waals surface area (Å²) in [5.41, 5.74) is 2.98. The van der Waals surface area contributed by atoms with E-state index in [0.717, 1.165) is 52.9 Å². The van der Waals surface area contributed by atoms with Gasteiger partial charge in [0.1, 0.15) is 18.3 Å². The van der Waals surface area contributed by atoms with E-state index in [9.17, 15) is 18.0 Å². The fraction of sp³-hybridized carbons (Fsp3) is 0.375. The Hall–Kier alpha value is -3.56. The highest BCUT2D eigenvalue weighted by molar-refractivity contribution is 7.92. The monoisotopic (exact) mass is 611 g/mol. The number of aryl methyl sites for hydroxylation is 1. The Labute approximate surface area is 253 Å². The maximum absolute atomic E-state index is 14.2. The van der Waals surface area contributed by atoms with Crippen LogP contribution in [0.3, 0.4) is 0 Å². The van der Waals surface area contributed by atoms with Crippen LogP contribution in [0.25, 0.3) is 0 Å². The molecule has 1 atom stereocenters. The molecule has 1 aliphatic carbocycles. The fourth-order valence-corrected chi connectivity index (χ4v) is 6.45. The summed E-state index contributed by atoms with van der Waals surface area (Å²) >= 11 is 6.31. The Morgan fingerprint density at radius 3 is 2.31 bits per heavy atom. The second-order valence-electron chi connectivity index (χ2n) is 10.8. The number of methoxy groups -OCH3 is 1. The standard InChI is InChI=1S/C32H38ClN3O5S/c1-23-10-9-13-25(18-23)21-35(29(19-24-11-5-4-6-12-24)32(38)34-26-14-7-8-15-26)31(37)22-36(42(3,39)40)27-16-17-30(41-2)28(33)20-27/h4-6,9-13,16-18,20,26,29H,7-8,14-15,19,21-22H2,1-3H3,(H,34,38)/t29-/m1/s1. The Morgan fingerprint density at radius 1 is 1.00 bits per heavy atom. The number of anilines is 1. The molecule has 1 N–H and O–H groups in total. The first-order valence-electron chi connectivity index (χ1n) is 14.1. The lowest BCUT2D eigenvalue weighted by Gasteiger charge is -2.34. The van der Waals surface area contributed by atoms with Crippen LogP contribution in [-0.4, -0.2) is 57.1 Å². The zero-order valence-electron chi connectivity index (χ0n) is 24.3. The molecular formula is C32H38ClN3O5S. The van der Waals surface area contributed by atoms with Gasteiger partial charge in [-0.15, -0.1) is 0 Å². The van der Waals surface area contributed by atoms with Crippen molar-refractivity contribution < 1.29 is 22.7 Å². The van der Waals surface area contributed by atoms with E-state index >= 15 is 0 Å². The Balaban J connectivity index is 1.73. The number of sulfonamides is 1. The van der Waals surface area contributed by atoms with Gasteiger partial charge in [0.2, 0.25) is 21.8 Å². The Morgan fingerprint density at radius 2 is 1.69 bits per heavy atom. The molecule has 2 amide bonds. The number of carbonyl (C=O) groups excluding carboxylic acids is 2. The summed E-state index contributed by atoms with van der Waals surface area (Å²) < 4.78 is 32.2. The summed E-state index contributed by atoms with van der Waals surface area (Å²) in [5.74, 6) is -0.366. The van der Waals surface area contributed by atoms with Gasteiger partial charge in [0.15, 0.2) is 0 Å². The molecule has 3 aromatic rings. The van der Waals surface area contributed by atoms with E-state index < -0.39 is 28.5 Å². The number of hydrogen-bond donors (Lipinski definition) is 1. The predicted octanol–water partition coefficient (Wildman–Crippen LogP) is 5.12. The maximum atomic E-state index is 14.2. The molecule has 0 aromatic heterocycles. The van der Waals surface area contributed by atoms with E-state index in [0.29, 0.717) is 5.75 Å². The molecule has 0 radical (unpaired) electrons. The minimum Gasteiger partial charge on any atom is -0.495 e. The number of rotatable bonds is 12. The second-order valence-corrected chi connectivity index (χ2v) is 13.1. The van der Waals surface area contributed by atoms with Gasteiger partial charge in [0, 0.05) is 19.0 Å². The van der Waals surface area contributed by atoms with Gasteiger partial charge in [-0.3, -0.25) is 13.9 Å². The first-order chi connectivity index (χ1) is 20.0. The van der Waals surface area contributed by atoms with Crippen molar-refractivity contribution in [2.75, 3.05) is 24.2 Å². The van der Waals surface area contributed by atoms with Gasteiger partial charge in [0.05, 0.1) is 24.1 Å². The van der Waals surface area contributed by atoms with Crippen LogP contribution in [0.1, 0.15) is 42.4 Å². The third kappa shape index (κ3) is 8.26. The molecule has 0 saturated heterocycles. The minimum atomic E-state index is -3.90. The smallest absolute Gasteiger partial charge is 0.244 e. The van der Waals surface area contributed by atoms with Crippen molar-refractivity contribution in [3.63, 3.8) is 0 Å². The number of nitrogens with one attached hydrogen (secondary N) is 1. The molecule has 0 aliphatic heterocycles. The fourth-order valence-electron chi connectivity index (χ4n) is 5.35. The van der Waals surface area contributed by atoms with Crippen molar-refractivity contribution in [1.82, 2.24) is 10.2 Å². The van der Waals surface area contributed by atoms with E-state index in [1.54, 1.807) is 6.07 Å². The SMILES string of the molecule is COc1ccc(N(CC(=O)N(Cc2cccc(C)c2)[C@H](Cc2ccccc2)C(=O)NC2CCCC2)S(C)(=O)=O)cc1Cl. The number of benzene rings is 3. The third-order valence-electron chi connectivity index (χ3n) is 7.51. The summed E-state index contributed by atoms with van der Waals surface area (Å²) in [6.07, 6.45) is 5.22. The molecule has 1 aliphatic rings. The zero-order valence-corrected chi connectivity index (χ0v) is 25.8. The van der Waals surface area contributed by atoms with Crippen molar-refractivity contribution in [3.05, 3.63) is 94.5 Å². The minimum absolute atomic E-state index is 0.0562. The normalized spacial score (nSPS) is 14.3. The molecule has 0 unspecified atom stereocenters. The lowest BCUT2D eigenvalue weighted by Crippen LogP contribution is -2.54. The van der Waals surface area contributed by atoms with Crippen molar-refractivity contribution in [2.45, 2.75) is 57.7 Å². The van der Waals surface area contributed by atoms with E-state index in [4.69, 9.17) is 16.3 Å². The Kier molecular flexibility index (Phi) is 10.5. The first-order valence-corrected chi connectivity index (χ1v) is 16.3. The van der Waals surface area contributed by atoms with Gasteiger partial charge in [-0.25, -0.2) is 8.42 Å². The highest BCUT2D eigenvalue weighted by Crippen LogP contribution is 2.30. The molecule has 10 heteroatoms. The van der Waals surface area contributed by atoms with Gasteiger partial charge in [-0.2, -0.15) is 0 Å². The van der Waals surface area contributed by atoms with Gasteiger partial charge < -0.3 is 15.0 Å². The molecule has 1 saturated carbocycles. The molecule has 4 rings (SSSR count). The van der Waals surface area contributed by atoms with Gasteiger partial charge >= 0.3 is 0 Å². The van der Waals surface area contributed by atoms with Gasteiger partial charge in [-0.05, 0) is 49.1 Å². The van der Waals surface area contributed by atoms with Crippen LogP contribution in [0.5, 0.6) is 5.75 Å². The summed E-state index contributed by atoms with van der Waals surface area (Å²) in [5, 5.41) is 3.38. The van der Waals surface area contributed by atoms with E-state index in [1.165, 1.54) is 24.1 Å². The van der Waals surface area contributed by atoms with Crippen LogP contribution < -0.4 is 14.4 Å². The molecule has 0 spiro atoms. The first kappa shape index (κ1) is 31.4. The van der Waals surface area contributed by atoms with Crippen LogP contribution in [0, 0.1) is 6.92 Å². The average Bonchev–Trinajstić information content (AvgIpc) is 3.46. The summed E-state index contributed by atoms with van der Waals surface area (Å²) in [7, 11) is -2.44. The number of carbonyl (C=O) groups is 2. The van der Waals surface area contributed by atoms with Crippen LogP contribution in [0.2, 0.25) is 5.02 Å². The predicted molar refractivity (Wildman–Crippen MR) is 166 cm³/mol. The largest absolute Gasteiger partial charge is 0.495 e. The van der Waals surface area contributed by atoms with Crippen LogP contribution in [0.4, 0.5) is 5.69 Å². The Bertz CT molecular complexity index is 1490. The van der Waals surface area contributed by atoms with Gasteiger partial charge in [0.25, 0.3) is 0 Å². The third-order valence-corrected chi connectivity index (χ3v) is 8.95. The van der Waals surface area contributed by atoms with Crippen LogP contribution in [0.15, 0.2) is 72.8 Å². The number of ether oxygens (including phenoxy) is 1. The lowest BCUT2D eigenvalue weighted by molar-refractivity contribution is -0.140. The quantitative estimate of drug-likeness (QED) is 0.307.